The van der Waals surface area contributed by atoms with E-state index in [1.165, 1.54) is 5.56 Å². The van der Waals surface area contributed by atoms with Crippen LogP contribution in [0.3, 0.4) is 0 Å². The van der Waals surface area contributed by atoms with Crippen LogP contribution in [0.15, 0.2) is 53.8 Å². The van der Waals surface area contributed by atoms with Gasteiger partial charge in [-0.2, -0.15) is 0 Å². The van der Waals surface area contributed by atoms with Gasteiger partial charge >= 0.3 is 0 Å². The standard InChI is InChI=1S/C31H37NO5/c1-18(2)21-8-10-22(11-9-21)28-27-29(33)23-16-19(3)6-12-24(23)37-30(27)31(34)32(28)15-14-20-7-13-25(35-4)26(17-20)36-5/h7-11,13,17-19,23-24,28H,6,12,14-16H2,1-5H3. The van der Waals surface area contributed by atoms with Crippen LogP contribution in [0.1, 0.15) is 68.7 Å². The Balaban J connectivity index is 1.48. The van der Waals surface area contributed by atoms with Crippen LogP contribution in [0.25, 0.3) is 0 Å². The highest BCUT2D eigenvalue weighted by Crippen LogP contribution is 2.47. The molecule has 37 heavy (non-hydrogen) atoms. The van der Waals surface area contributed by atoms with Gasteiger partial charge in [0.25, 0.3) is 5.91 Å². The molecular formula is C31H37NO5. The highest BCUT2D eigenvalue weighted by Gasteiger charge is 2.52. The Morgan fingerprint density at radius 1 is 1.00 bits per heavy atom. The maximum atomic E-state index is 13.9. The number of hydrogen-bond acceptors (Lipinski definition) is 5. The van der Waals surface area contributed by atoms with Gasteiger partial charge in [0.1, 0.15) is 6.10 Å². The molecular weight excluding hydrogens is 466 g/mol. The van der Waals surface area contributed by atoms with Crippen molar-refractivity contribution in [2.45, 2.75) is 64.5 Å². The number of benzene rings is 2. The largest absolute Gasteiger partial charge is 0.493 e. The average Bonchev–Trinajstić information content (AvgIpc) is 3.19. The zero-order valence-corrected chi connectivity index (χ0v) is 22.5. The molecule has 6 heteroatoms. The van der Waals surface area contributed by atoms with E-state index in [0.29, 0.717) is 41.9 Å². The monoisotopic (exact) mass is 503 g/mol. The molecule has 2 aliphatic heterocycles. The third-order valence-corrected chi connectivity index (χ3v) is 8.21. The third kappa shape index (κ3) is 4.62. The van der Waals surface area contributed by atoms with Crippen LogP contribution in [0, 0.1) is 11.8 Å². The van der Waals surface area contributed by atoms with Crippen LogP contribution in [-0.2, 0) is 20.7 Å². The highest BCUT2D eigenvalue weighted by molar-refractivity contribution is 6.11. The Bertz CT molecular complexity index is 1210. The SMILES string of the molecule is COc1ccc(CCN2C(=O)C3=C(C(=O)C4CC(C)CCC4O3)C2c2ccc(C(C)C)cc2)cc1OC. The number of methoxy groups -OCH3 is 2. The number of ketones is 1. The minimum atomic E-state index is -0.436. The lowest BCUT2D eigenvalue weighted by Gasteiger charge is -2.37. The molecule has 5 rings (SSSR count). The van der Waals surface area contributed by atoms with Crippen molar-refractivity contribution in [2.75, 3.05) is 20.8 Å². The minimum Gasteiger partial charge on any atom is -0.493 e. The topological polar surface area (TPSA) is 65.1 Å². The van der Waals surface area contributed by atoms with Crippen LogP contribution >= 0.6 is 0 Å². The first-order chi connectivity index (χ1) is 17.8. The summed E-state index contributed by atoms with van der Waals surface area (Å²) in [6, 6.07) is 13.7. The Morgan fingerprint density at radius 2 is 1.73 bits per heavy atom. The number of Topliss-reactive ketones (excluding diaryl/α,β-unsaturated/α-hetero) is 1. The number of nitrogens with zero attached hydrogens (tertiary/aromatic N) is 1. The lowest BCUT2D eigenvalue weighted by atomic mass is 9.74. The van der Waals surface area contributed by atoms with E-state index in [-0.39, 0.29) is 29.5 Å². The van der Waals surface area contributed by atoms with E-state index in [1.807, 2.05) is 23.1 Å². The molecule has 196 valence electrons. The van der Waals surface area contributed by atoms with E-state index in [9.17, 15) is 9.59 Å². The molecule has 2 aromatic carbocycles. The smallest absolute Gasteiger partial charge is 0.290 e. The van der Waals surface area contributed by atoms with Crippen LogP contribution in [-0.4, -0.2) is 43.5 Å². The van der Waals surface area contributed by atoms with Crippen LogP contribution < -0.4 is 9.47 Å². The Kier molecular flexibility index (Phi) is 7.02. The van der Waals surface area contributed by atoms with Crippen molar-refractivity contribution in [1.29, 1.82) is 0 Å². The second-order valence-corrected chi connectivity index (χ2v) is 10.9. The summed E-state index contributed by atoms with van der Waals surface area (Å²) in [7, 11) is 3.23. The Hall–Kier alpha value is -3.28. The molecule has 3 aliphatic rings. The third-order valence-electron chi connectivity index (χ3n) is 8.21. The summed E-state index contributed by atoms with van der Waals surface area (Å²) in [6.45, 7) is 6.98. The van der Waals surface area contributed by atoms with Crippen molar-refractivity contribution in [3.05, 3.63) is 70.5 Å². The highest BCUT2D eigenvalue weighted by atomic mass is 16.5. The van der Waals surface area contributed by atoms with Gasteiger partial charge in [0.05, 0.1) is 31.8 Å². The van der Waals surface area contributed by atoms with E-state index in [4.69, 9.17) is 14.2 Å². The van der Waals surface area contributed by atoms with E-state index in [0.717, 1.165) is 30.4 Å². The summed E-state index contributed by atoms with van der Waals surface area (Å²) in [5, 5.41) is 0. The molecule has 4 unspecified atom stereocenters. The first-order valence-electron chi connectivity index (χ1n) is 13.4. The van der Waals surface area contributed by atoms with Crippen molar-refractivity contribution in [2.24, 2.45) is 11.8 Å². The number of amides is 1. The van der Waals surface area contributed by atoms with Crippen molar-refractivity contribution in [3.8, 4) is 11.5 Å². The Labute approximate surface area is 219 Å². The van der Waals surface area contributed by atoms with E-state index >= 15 is 0 Å². The summed E-state index contributed by atoms with van der Waals surface area (Å²) >= 11 is 0. The minimum absolute atomic E-state index is 0.0951. The fourth-order valence-electron chi connectivity index (χ4n) is 6.05. The van der Waals surface area contributed by atoms with Gasteiger partial charge < -0.3 is 19.1 Å². The molecule has 0 radical (unpaired) electrons. The van der Waals surface area contributed by atoms with Crippen LogP contribution in [0.5, 0.6) is 11.5 Å². The lowest BCUT2D eigenvalue weighted by Crippen LogP contribution is -2.41. The van der Waals surface area contributed by atoms with Gasteiger partial charge in [0.15, 0.2) is 23.0 Å². The van der Waals surface area contributed by atoms with Gasteiger partial charge in [0.2, 0.25) is 0 Å². The zero-order chi connectivity index (χ0) is 26.3. The molecule has 0 bridgehead atoms. The molecule has 1 amide bonds. The number of hydrogen-bond donors (Lipinski definition) is 0. The summed E-state index contributed by atoms with van der Waals surface area (Å²) in [5.74, 6) is 2.22. The fraction of sp³-hybridized carbons (Fsp3) is 0.484. The number of carbonyl (C=O) groups excluding carboxylic acids is 2. The molecule has 1 fully saturated rings. The molecule has 1 saturated carbocycles. The van der Waals surface area contributed by atoms with Crippen LogP contribution in [0.4, 0.5) is 0 Å². The predicted octanol–water partition coefficient (Wildman–Crippen LogP) is 5.61. The number of ether oxygens (including phenoxy) is 3. The van der Waals surface area contributed by atoms with Crippen molar-refractivity contribution in [1.82, 2.24) is 4.90 Å². The number of rotatable bonds is 7. The lowest BCUT2D eigenvalue weighted by molar-refractivity contribution is -0.136. The van der Waals surface area contributed by atoms with Crippen molar-refractivity contribution < 1.29 is 23.8 Å². The maximum absolute atomic E-state index is 13.9. The second-order valence-electron chi connectivity index (χ2n) is 10.9. The second kappa shape index (κ2) is 10.2. The molecule has 4 atom stereocenters. The van der Waals surface area contributed by atoms with Crippen molar-refractivity contribution >= 4 is 11.7 Å². The molecule has 1 aliphatic carbocycles. The molecule has 0 saturated heterocycles. The van der Waals surface area contributed by atoms with Gasteiger partial charge in [-0.1, -0.05) is 51.1 Å². The zero-order valence-electron chi connectivity index (χ0n) is 22.5. The van der Waals surface area contributed by atoms with Crippen LogP contribution in [0.2, 0.25) is 0 Å². The molecule has 6 nitrogen and oxygen atoms in total. The molecule has 2 aromatic rings. The van der Waals surface area contributed by atoms with Gasteiger partial charge in [-0.05, 0) is 66.3 Å². The maximum Gasteiger partial charge on any atom is 0.290 e. The molecule has 0 spiro atoms. The summed E-state index contributed by atoms with van der Waals surface area (Å²) < 4.78 is 17.2. The summed E-state index contributed by atoms with van der Waals surface area (Å²) in [5.41, 5.74) is 3.75. The first kappa shape index (κ1) is 25.4. The number of carbonyl (C=O) groups is 2. The normalized spacial score (nSPS) is 25.2. The first-order valence-corrected chi connectivity index (χ1v) is 13.4. The Morgan fingerprint density at radius 3 is 2.41 bits per heavy atom. The molecule has 0 N–H and O–H groups in total. The van der Waals surface area contributed by atoms with E-state index in [1.54, 1.807) is 14.2 Å². The molecule has 2 heterocycles. The molecule has 0 aromatic heterocycles. The fourth-order valence-corrected chi connectivity index (χ4v) is 6.05. The van der Waals surface area contributed by atoms with Gasteiger partial charge in [-0.15, -0.1) is 0 Å². The quantitative estimate of drug-likeness (QED) is 0.491. The van der Waals surface area contributed by atoms with E-state index in [2.05, 4.69) is 45.0 Å². The van der Waals surface area contributed by atoms with Crippen molar-refractivity contribution in [3.63, 3.8) is 0 Å². The predicted molar refractivity (Wildman–Crippen MR) is 142 cm³/mol. The van der Waals surface area contributed by atoms with Gasteiger partial charge in [0, 0.05) is 6.54 Å². The van der Waals surface area contributed by atoms with Gasteiger partial charge in [-0.3, -0.25) is 9.59 Å². The summed E-state index contributed by atoms with van der Waals surface area (Å²) in [6.07, 6.45) is 3.08. The average molecular weight is 504 g/mol. The van der Waals surface area contributed by atoms with E-state index < -0.39 is 6.04 Å². The van der Waals surface area contributed by atoms with Gasteiger partial charge in [-0.25, -0.2) is 0 Å². The summed E-state index contributed by atoms with van der Waals surface area (Å²) in [4.78, 5) is 29.5. The number of fused-ring (bicyclic) bond motifs is 1.